The Bertz CT molecular complexity index is 773. The maximum atomic E-state index is 5.61. The number of hydrogen-bond donors (Lipinski definition) is 0. The predicted octanol–water partition coefficient (Wildman–Crippen LogP) is 3.61. The summed E-state index contributed by atoms with van der Waals surface area (Å²) in [6, 6.07) is 8.03. The van der Waals surface area contributed by atoms with Crippen LogP contribution in [0.1, 0.15) is 0 Å². The van der Waals surface area contributed by atoms with E-state index in [1.807, 2.05) is 23.6 Å². The summed E-state index contributed by atoms with van der Waals surface area (Å²) in [6.45, 7) is 1.21. The van der Waals surface area contributed by atoms with Gasteiger partial charge in [0.2, 0.25) is 0 Å². The average Bonchev–Trinajstić information content (AvgIpc) is 2.97. The predicted molar refractivity (Wildman–Crippen MR) is 79.0 cm³/mol. The largest absolute Gasteiger partial charge is 0.486 e. The van der Waals surface area contributed by atoms with E-state index < -0.39 is 0 Å². The lowest BCUT2D eigenvalue weighted by molar-refractivity contribution is 0.171. The van der Waals surface area contributed by atoms with Crippen LogP contribution in [0.5, 0.6) is 11.5 Å². The summed E-state index contributed by atoms with van der Waals surface area (Å²) >= 11 is 3.24. The molecule has 0 saturated heterocycles. The fourth-order valence-electron chi connectivity index (χ4n) is 2.05. The van der Waals surface area contributed by atoms with Crippen LogP contribution in [0.3, 0.4) is 0 Å². The van der Waals surface area contributed by atoms with Gasteiger partial charge in [-0.1, -0.05) is 11.8 Å². The molecule has 0 spiro atoms. The van der Waals surface area contributed by atoms with Crippen LogP contribution < -0.4 is 9.47 Å². The molecule has 0 saturated carbocycles. The lowest BCUT2D eigenvalue weighted by Crippen LogP contribution is -2.15. The first-order valence-corrected chi connectivity index (χ1v) is 7.85. The van der Waals surface area contributed by atoms with Crippen LogP contribution in [0.4, 0.5) is 0 Å². The van der Waals surface area contributed by atoms with E-state index in [1.54, 1.807) is 29.4 Å². The topological polar surface area (TPSA) is 44.2 Å². The highest BCUT2D eigenvalue weighted by atomic mass is 32.2. The van der Waals surface area contributed by atoms with Gasteiger partial charge >= 0.3 is 0 Å². The molecule has 100 valence electrons. The van der Waals surface area contributed by atoms with E-state index in [9.17, 15) is 0 Å². The highest BCUT2D eigenvalue weighted by Gasteiger charge is 2.13. The molecule has 4 rings (SSSR count). The molecule has 0 unspecified atom stereocenters. The molecule has 1 aliphatic rings. The number of nitrogens with zero attached hydrogens (tertiary/aromatic N) is 2. The van der Waals surface area contributed by atoms with Gasteiger partial charge in [0.15, 0.2) is 11.5 Å². The van der Waals surface area contributed by atoms with E-state index in [-0.39, 0.29) is 0 Å². The van der Waals surface area contributed by atoms with Gasteiger partial charge in [-0.3, -0.25) is 0 Å². The number of ether oxygens (including phenoxy) is 2. The summed E-state index contributed by atoms with van der Waals surface area (Å²) < 4.78 is 11.1. The highest BCUT2D eigenvalue weighted by molar-refractivity contribution is 7.99. The molecule has 4 nitrogen and oxygen atoms in total. The van der Waals surface area contributed by atoms with Crippen molar-refractivity contribution in [1.29, 1.82) is 0 Å². The summed E-state index contributed by atoms with van der Waals surface area (Å²) in [5, 5.41) is 4.10. The summed E-state index contributed by atoms with van der Waals surface area (Å²) in [5.74, 6) is 1.61. The Morgan fingerprint density at radius 1 is 1.05 bits per heavy atom. The van der Waals surface area contributed by atoms with E-state index in [4.69, 9.17) is 9.47 Å². The monoisotopic (exact) mass is 302 g/mol. The van der Waals surface area contributed by atoms with Crippen molar-refractivity contribution < 1.29 is 9.47 Å². The molecule has 1 aromatic carbocycles. The van der Waals surface area contributed by atoms with Gasteiger partial charge in [-0.15, -0.1) is 11.3 Å². The van der Waals surface area contributed by atoms with Gasteiger partial charge in [0, 0.05) is 10.3 Å². The van der Waals surface area contributed by atoms with Crippen LogP contribution in [0.2, 0.25) is 0 Å². The summed E-state index contributed by atoms with van der Waals surface area (Å²) in [6.07, 6.45) is 1.61. The first kappa shape index (κ1) is 12.0. The zero-order valence-corrected chi connectivity index (χ0v) is 12.0. The minimum absolute atomic E-state index is 0.601. The molecule has 3 heterocycles. The van der Waals surface area contributed by atoms with Crippen molar-refractivity contribution in [2.45, 2.75) is 9.92 Å². The maximum Gasteiger partial charge on any atom is 0.162 e. The van der Waals surface area contributed by atoms with Crippen molar-refractivity contribution in [1.82, 2.24) is 9.97 Å². The fraction of sp³-hybridized carbons (Fsp3) is 0.143. The van der Waals surface area contributed by atoms with Gasteiger partial charge < -0.3 is 9.47 Å². The smallest absolute Gasteiger partial charge is 0.162 e. The Kier molecular flexibility index (Phi) is 2.97. The molecule has 0 amide bonds. The minimum Gasteiger partial charge on any atom is -0.486 e. The Morgan fingerprint density at radius 3 is 2.90 bits per heavy atom. The van der Waals surface area contributed by atoms with E-state index in [2.05, 4.69) is 16.0 Å². The van der Waals surface area contributed by atoms with Gasteiger partial charge in [0.25, 0.3) is 0 Å². The molecule has 6 heteroatoms. The fourth-order valence-corrected chi connectivity index (χ4v) is 3.74. The molecule has 0 N–H and O–H groups in total. The van der Waals surface area contributed by atoms with Crippen LogP contribution in [-0.2, 0) is 0 Å². The first-order chi connectivity index (χ1) is 9.90. The van der Waals surface area contributed by atoms with E-state index in [1.165, 1.54) is 0 Å². The number of thiophene rings is 1. The number of aromatic nitrogens is 2. The average molecular weight is 302 g/mol. The van der Waals surface area contributed by atoms with Gasteiger partial charge in [0.1, 0.15) is 29.4 Å². The molecule has 0 bridgehead atoms. The Balaban J connectivity index is 1.70. The van der Waals surface area contributed by atoms with Crippen molar-refractivity contribution in [3.8, 4) is 11.5 Å². The molecule has 0 radical (unpaired) electrons. The molecule has 3 aromatic rings. The zero-order chi connectivity index (χ0) is 13.4. The van der Waals surface area contributed by atoms with E-state index in [0.29, 0.717) is 13.2 Å². The highest BCUT2D eigenvalue weighted by Crippen LogP contribution is 2.38. The van der Waals surface area contributed by atoms with Crippen LogP contribution in [0, 0.1) is 0 Å². The summed E-state index contributed by atoms with van der Waals surface area (Å²) in [5.41, 5.74) is 0. The molecule has 2 aromatic heterocycles. The molecule has 1 aliphatic heterocycles. The normalized spacial score (nSPS) is 13.6. The van der Waals surface area contributed by atoms with Crippen molar-refractivity contribution in [2.75, 3.05) is 13.2 Å². The second-order valence-corrected chi connectivity index (χ2v) is 6.18. The van der Waals surface area contributed by atoms with Gasteiger partial charge in [-0.05, 0) is 29.6 Å². The minimum atomic E-state index is 0.601. The Labute approximate surface area is 123 Å². The lowest BCUT2D eigenvalue weighted by atomic mass is 10.3. The quantitative estimate of drug-likeness (QED) is 0.677. The van der Waals surface area contributed by atoms with Gasteiger partial charge in [0.05, 0.1) is 0 Å². The van der Waals surface area contributed by atoms with E-state index >= 15 is 0 Å². The number of benzene rings is 1. The van der Waals surface area contributed by atoms with Crippen LogP contribution >= 0.6 is 23.1 Å². The zero-order valence-electron chi connectivity index (χ0n) is 10.4. The van der Waals surface area contributed by atoms with Crippen molar-refractivity contribution in [2.24, 2.45) is 0 Å². The third-order valence-corrected chi connectivity index (χ3v) is 4.78. The Hall–Kier alpha value is -1.79. The third kappa shape index (κ3) is 2.10. The molecular formula is C14H10N2O2S2. The number of hydrogen-bond acceptors (Lipinski definition) is 6. The number of rotatable bonds is 2. The summed E-state index contributed by atoms with van der Waals surface area (Å²) in [4.78, 5) is 10.7. The lowest BCUT2D eigenvalue weighted by Gasteiger charge is -2.18. The van der Waals surface area contributed by atoms with Crippen molar-refractivity contribution >= 4 is 33.3 Å². The second-order valence-electron chi connectivity index (χ2n) is 4.23. The van der Waals surface area contributed by atoms with Crippen LogP contribution in [-0.4, -0.2) is 23.2 Å². The molecule has 20 heavy (non-hydrogen) atoms. The van der Waals surface area contributed by atoms with Crippen LogP contribution in [0.25, 0.3) is 10.2 Å². The van der Waals surface area contributed by atoms with Crippen molar-refractivity contribution in [3.63, 3.8) is 0 Å². The van der Waals surface area contributed by atoms with Gasteiger partial charge in [-0.25, -0.2) is 9.97 Å². The summed E-state index contributed by atoms with van der Waals surface area (Å²) in [7, 11) is 0. The first-order valence-electron chi connectivity index (χ1n) is 6.16. The standard InChI is InChI=1S/C14H10N2O2S2/c1-2-11-12(18-5-4-17-11)7-9(1)20-14-10-3-6-19-13(10)15-8-16-14/h1-3,6-8H,4-5H2. The van der Waals surface area contributed by atoms with Crippen LogP contribution in [0.15, 0.2) is 45.9 Å². The number of fused-ring (bicyclic) bond motifs is 2. The molecule has 0 fully saturated rings. The van der Waals surface area contributed by atoms with Crippen molar-refractivity contribution in [3.05, 3.63) is 36.0 Å². The SMILES string of the molecule is c1nc(Sc2ccc3c(c2)OCCO3)c2ccsc2n1. The third-order valence-electron chi connectivity index (χ3n) is 2.95. The maximum absolute atomic E-state index is 5.61. The second kappa shape index (κ2) is 4.96. The van der Waals surface area contributed by atoms with Gasteiger partial charge in [-0.2, -0.15) is 0 Å². The Morgan fingerprint density at radius 2 is 1.95 bits per heavy atom. The molecule has 0 atom stereocenters. The van der Waals surface area contributed by atoms with E-state index in [0.717, 1.165) is 31.6 Å². The molecular weight excluding hydrogens is 292 g/mol. The molecule has 0 aliphatic carbocycles.